The average molecular weight is 323 g/mol. The second-order valence-corrected chi connectivity index (χ2v) is 6.09. The van der Waals surface area contributed by atoms with Gasteiger partial charge in [0, 0.05) is 6.54 Å². The number of hydrogen-bond acceptors (Lipinski definition) is 4. The van der Waals surface area contributed by atoms with Crippen molar-refractivity contribution in [3.8, 4) is 5.75 Å². The van der Waals surface area contributed by atoms with Gasteiger partial charge in [-0.1, -0.05) is 45.2 Å². The van der Waals surface area contributed by atoms with Gasteiger partial charge in [-0.3, -0.25) is 0 Å². The number of aliphatic hydroxyl groups is 1. The van der Waals surface area contributed by atoms with Crippen LogP contribution >= 0.6 is 0 Å². The molecule has 0 saturated heterocycles. The van der Waals surface area contributed by atoms with Crippen LogP contribution in [0.25, 0.3) is 0 Å². The molecule has 23 heavy (non-hydrogen) atoms. The van der Waals surface area contributed by atoms with Crippen LogP contribution in [0, 0.1) is 5.92 Å². The van der Waals surface area contributed by atoms with Crippen molar-refractivity contribution < 1.29 is 14.6 Å². The monoisotopic (exact) mass is 323 g/mol. The van der Waals surface area contributed by atoms with Crippen LogP contribution in [0.2, 0.25) is 0 Å². The van der Waals surface area contributed by atoms with E-state index < -0.39 is 6.10 Å². The molecule has 1 rings (SSSR count). The van der Waals surface area contributed by atoms with E-state index >= 15 is 0 Å². The molecule has 4 nitrogen and oxygen atoms in total. The Morgan fingerprint density at radius 1 is 1.13 bits per heavy atom. The maximum Gasteiger partial charge on any atom is 0.118 e. The topological polar surface area (TPSA) is 50.7 Å². The van der Waals surface area contributed by atoms with Crippen molar-refractivity contribution in [3.63, 3.8) is 0 Å². The Morgan fingerprint density at radius 3 is 2.48 bits per heavy atom. The summed E-state index contributed by atoms with van der Waals surface area (Å²) in [4.78, 5) is 0. The van der Waals surface area contributed by atoms with Gasteiger partial charge < -0.3 is 19.9 Å². The second-order valence-electron chi connectivity index (χ2n) is 6.09. The highest BCUT2D eigenvalue weighted by Crippen LogP contribution is 2.12. The molecule has 132 valence electrons. The zero-order valence-corrected chi connectivity index (χ0v) is 14.9. The van der Waals surface area contributed by atoms with Gasteiger partial charge >= 0.3 is 0 Å². The third-order valence-electron chi connectivity index (χ3n) is 4.09. The average Bonchev–Trinajstić information content (AvgIpc) is 2.58. The summed E-state index contributed by atoms with van der Waals surface area (Å²) >= 11 is 0. The lowest BCUT2D eigenvalue weighted by Gasteiger charge is -2.17. The number of unbranched alkanes of at least 4 members (excludes halogenated alkanes) is 1. The Morgan fingerprint density at radius 2 is 1.87 bits per heavy atom. The molecular weight excluding hydrogens is 290 g/mol. The fraction of sp³-hybridized carbons (Fsp3) is 0.684. The van der Waals surface area contributed by atoms with Gasteiger partial charge in [-0.25, -0.2) is 0 Å². The minimum absolute atomic E-state index is 0.352. The zero-order valence-electron chi connectivity index (χ0n) is 14.9. The van der Waals surface area contributed by atoms with Crippen LogP contribution < -0.4 is 10.1 Å². The van der Waals surface area contributed by atoms with E-state index in [0.717, 1.165) is 17.9 Å². The standard InChI is InChI=1S/C19H33NO3/c1-4-6-7-16(5-2)12-20-13-18(21)15-23-14-17-8-10-19(22-3)11-9-17/h8-11,16,18,20-21H,4-7,12-15H2,1-3H3/t16-,18+/m0/s1. The molecule has 2 atom stereocenters. The first-order valence-corrected chi connectivity index (χ1v) is 8.79. The number of benzene rings is 1. The van der Waals surface area contributed by atoms with E-state index in [4.69, 9.17) is 9.47 Å². The second kappa shape index (κ2) is 12.3. The summed E-state index contributed by atoms with van der Waals surface area (Å²) in [6.07, 6.45) is 4.53. The fourth-order valence-corrected chi connectivity index (χ4v) is 2.49. The van der Waals surface area contributed by atoms with Crippen molar-refractivity contribution in [1.29, 1.82) is 0 Å². The molecule has 1 aromatic carbocycles. The molecule has 0 bridgehead atoms. The molecule has 0 aromatic heterocycles. The van der Waals surface area contributed by atoms with Crippen molar-refractivity contribution in [3.05, 3.63) is 29.8 Å². The molecule has 0 fully saturated rings. The lowest BCUT2D eigenvalue weighted by molar-refractivity contribution is 0.0284. The number of methoxy groups -OCH3 is 1. The quantitative estimate of drug-likeness (QED) is 0.584. The Hall–Kier alpha value is -1.10. The van der Waals surface area contributed by atoms with E-state index in [0.29, 0.717) is 25.7 Å². The van der Waals surface area contributed by atoms with E-state index in [-0.39, 0.29) is 0 Å². The third-order valence-corrected chi connectivity index (χ3v) is 4.09. The normalized spacial score (nSPS) is 13.7. The highest BCUT2D eigenvalue weighted by atomic mass is 16.5. The maximum atomic E-state index is 9.96. The van der Waals surface area contributed by atoms with Crippen LogP contribution in [-0.2, 0) is 11.3 Å². The number of aliphatic hydroxyl groups excluding tert-OH is 1. The lowest BCUT2D eigenvalue weighted by atomic mass is 9.99. The Kier molecular flexibility index (Phi) is 10.7. The van der Waals surface area contributed by atoms with Crippen LogP contribution in [0.4, 0.5) is 0 Å². The molecule has 2 N–H and O–H groups in total. The van der Waals surface area contributed by atoms with Crippen molar-refractivity contribution in [2.24, 2.45) is 5.92 Å². The van der Waals surface area contributed by atoms with Crippen molar-refractivity contribution >= 4 is 0 Å². The molecule has 0 unspecified atom stereocenters. The van der Waals surface area contributed by atoms with Gasteiger partial charge in [-0.15, -0.1) is 0 Å². The van der Waals surface area contributed by atoms with E-state index in [9.17, 15) is 5.11 Å². The molecule has 0 radical (unpaired) electrons. The predicted octanol–water partition coefficient (Wildman–Crippen LogP) is 3.38. The molecular formula is C19H33NO3. The van der Waals surface area contributed by atoms with Gasteiger partial charge in [0.25, 0.3) is 0 Å². The molecule has 4 heteroatoms. The highest BCUT2D eigenvalue weighted by Gasteiger charge is 2.08. The molecule has 0 aliphatic rings. The Balaban J connectivity index is 2.12. The Bertz CT molecular complexity index is 394. The summed E-state index contributed by atoms with van der Waals surface area (Å²) in [7, 11) is 1.65. The summed E-state index contributed by atoms with van der Waals surface area (Å²) in [5, 5.41) is 13.3. The number of nitrogens with one attached hydrogen (secondary N) is 1. The Labute approximate surface area is 141 Å². The van der Waals surface area contributed by atoms with Crippen molar-refractivity contribution in [2.75, 3.05) is 26.8 Å². The summed E-state index contributed by atoms with van der Waals surface area (Å²) < 4.78 is 10.7. The van der Waals surface area contributed by atoms with Gasteiger partial charge in [0.15, 0.2) is 0 Å². The molecule has 0 amide bonds. The van der Waals surface area contributed by atoms with E-state index in [1.54, 1.807) is 7.11 Å². The summed E-state index contributed by atoms with van der Waals surface area (Å²) in [5.74, 6) is 1.55. The van der Waals surface area contributed by atoms with Gasteiger partial charge in [-0.05, 0) is 36.6 Å². The first-order valence-electron chi connectivity index (χ1n) is 8.79. The minimum Gasteiger partial charge on any atom is -0.497 e. The van der Waals surface area contributed by atoms with Crippen molar-refractivity contribution in [1.82, 2.24) is 5.32 Å². The number of hydrogen-bond donors (Lipinski definition) is 2. The number of rotatable bonds is 13. The van der Waals surface area contributed by atoms with Crippen molar-refractivity contribution in [2.45, 2.75) is 52.2 Å². The van der Waals surface area contributed by atoms with E-state index in [1.165, 1.54) is 25.7 Å². The lowest BCUT2D eigenvalue weighted by Crippen LogP contribution is -2.33. The molecule has 0 aliphatic carbocycles. The SMILES string of the molecule is CCCC[C@H](CC)CNC[C@@H](O)COCc1ccc(OC)cc1. The smallest absolute Gasteiger partial charge is 0.118 e. The van der Waals surface area contributed by atoms with Crippen LogP contribution in [-0.4, -0.2) is 38.0 Å². The molecule has 0 spiro atoms. The first kappa shape index (κ1) is 19.9. The fourth-order valence-electron chi connectivity index (χ4n) is 2.49. The van der Waals surface area contributed by atoms with Crippen LogP contribution in [0.1, 0.15) is 45.1 Å². The summed E-state index contributed by atoms with van der Waals surface area (Å²) in [6, 6.07) is 7.78. The van der Waals surface area contributed by atoms with Gasteiger partial charge in [-0.2, -0.15) is 0 Å². The van der Waals surface area contributed by atoms with Gasteiger partial charge in [0.1, 0.15) is 5.75 Å². The van der Waals surface area contributed by atoms with Crippen LogP contribution in [0.15, 0.2) is 24.3 Å². The largest absolute Gasteiger partial charge is 0.497 e. The summed E-state index contributed by atoms with van der Waals surface area (Å²) in [5.41, 5.74) is 1.08. The molecule has 0 aliphatic heterocycles. The first-order chi connectivity index (χ1) is 11.2. The highest BCUT2D eigenvalue weighted by molar-refractivity contribution is 5.26. The van der Waals surface area contributed by atoms with Crippen LogP contribution in [0.5, 0.6) is 5.75 Å². The maximum absolute atomic E-state index is 9.96. The summed E-state index contributed by atoms with van der Waals surface area (Å²) in [6.45, 7) is 6.89. The van der Waals surface area contributed by atoms with Gasteiger partial charge in [0.2, 0.25) is 0 Å². The molecule has 0 saturated carbocycles. The number of ether oxygens (including phenoxy) is 2. The predicted molar refractivity (Wildman–Crippen MR) is 94.8 cm³/mol. The minimum atomic E-state index is -0.461. The molecule has 1 aromatic rings. The van der Waals surface area contributed by atoms with E-state index in [2.05, 4.69) is 19.2 Å². The molecule has 0 heterocycles. The van der Waals surface area contributed by atoms with Gasteiger partial charge in [0.05, 0.1) is 26.4 Å². The zero-order chi connectivity index (χ0) is 16.9. The third kappa shape index (κ3) is 8.94. The van der Waals surface area contributed by atoms with Crippen LogP contribution in [0.3, 0.4) is 0 Å². The van der Waals surface area contributed by atoms with E-state index in [1.807, 2.05) is 24.3 Å².